The molecule has 0 atom stereocenters. The number of aliphatic carboxylic acids is 1. The number of hydrogen-bond donors (Lipinski definition) is 0. The Balaban J connectivity index is 0.00000144. The molecule has 1 aromatic carbocycles. The summed E-state index contributed by atoms with van der Waals surface area (Å²) in [6.07, 6.45) is 0.814. The molecular weight excluding hydrogens is 251 g/mol. The van der Waals surface area contributed by atoms with Gasteiger partial charge < -0.3 is 19.4 Å². The average Bonchev–Trinajstić information content (AvgIpc) is 2.71. The molecule has 0 unspecified atom stereocenters. The first-order valence-corrected chi connectivity index (χ1v) is 6.07. The summed E-state index contributed by atoms with van der Waals surface area (Å²) in [5, 5.41) is 10.2. The molecule has 0 saturated heterocycles. The van der Waals surface area contributed by atoms with E-state index in [9.17, 15) is 9.90 Å². The van der Waals surface area contributed by atoms with Crippen molar-refractivity contribution in [3.8, 4) is 11.5 Å². The molecule has 1 aromatic rings. The van der Waals surface area contributed by atoms with Crippen molar-refractivity contribution in [2.75, 3.05) is 18.3 Å². The molecular formula is C11H11NaO4S. The number of rotatable bonds is 5. The standard InChI is InChI=1S/C11H12O4S.Na/c12-11(13)6-16-4-3-8-1-2-9-10(5-8)15-7-14-9;/h1-2,5H,3-4,6-7H2,(H,12,13);/q;+1/p-1. The molecule has 0 aromatic heterocycles. The Hall–Kier alpha value is -0.360. The average molecular weight is 262 g/mol. The summed E-state index contributed by atoms with van der Waals surface area (Å²) in [5.74, 6) is 1.32. The molecule has 86 valence electrons. The number of carbonyl (C=O) groups is 1. The van der Waals surface area contributed by atoms with Gasteiger partial charge in [0.2, 0.25) is 6.79 Å². The van der Waals surface area contributed by atoms with Crippen molar-refractivity contribution in [2.45, 2.75) is 6.42 Å². The van der Waals surface area contributed by atoms with Gasteiger partial charge >= 0.3 is 29.6 Å². The third kappa shape index (κ3) is 4.43. The van der Waals surface area contributed by atoms with Crippen LogP contribution >= 0.6 is 11.8 Å². The van der Waals surface area contributed by atoms with Crippen molar-refractivity contribution in [3.63, 3.8) is 0 Å². The van der Waals surface area contributed by atoms with Crippen molar-refractivity contribution in [3.05, 3.63) is 23.8 Å². The van der Waals surface area contributed by atoms with E-state index in [4.69, 9.17) is 9.47 Å². The SMILES string of the molecule is O=C([O-])CSCCc1ccc2c(c1)OCO2.[Na+]. The van der Waals surface area contributed by atoms with Gasteiger partial charge in [-0.25, -0.2) is 0 Å². The summed E-state index contributed by atoms with van der Waals surface area (Å²) in [6, 6.07) is 5.77. The number of benzene rings is 1. The maximum atomic E-state index is 10.2. The first kappa shape index (κ1) is 14.7. The number of fused-ring (bicyclic) bond motifs is 1. The first-order valence-electron chi connectivity index (χ1n) is 4.92. The van der Waals surface area contributed by atoms with Crippen LogP contribution in [0.4, 0.5) is 0 Å². The van der Waals surface area contributed by atoms with Gasteiger partial charge in [-0.15, -0.1) is 0 Å². The fraction of sp³-hybridized carbons (Fsp3) is 0.364. The molecule has 0 spiro atoms. The Labute approximate surface area is 126 Å². The predicted molar refractivity (Wildman–Crippen MR) is 58.6 cm³/mol. The maximum absolute atomic E-state index is 10.2. The van der Waals surface area contributed by atoms with E-state index in [0.29, 0.717) is 0 Å². The molecule has 0 aliphatic carbocycles. The van der Waals surface area contributed by atoms with E-state index in [-0.39, 0.29) is 42.1 Å². The quantitative estimate of drug-likeness (QED) is 0.432. The van der Waals surface area contributed by atoms with Crippen LogP contribution in [-0.4, -0.2) is 24.3 Å². The molecule has 1 aliphatic rings. The van der Waals surface area contributed by atoms with Crippen LogP contribution in [-0.2, 0) is 11.2 Å². The molecule has 1 heterocycles. The van der Waals surface area contributed by atoms with Gasteiger partial charge in [0, 0.05) is 5.75 Å². The molecule has 0 bridgehead atoms. The Kier molecular flexibility index (Phi) is 6.19. The second-order valence-electron chi connectivity index (χ2n) is 3.36. The molecule has 2 rings (SSSR count). The summed E-state index contributed by atoms with van der Waals surface area (Å²) < 4.78 is 10.4. The Morgan fingerprint density at radius 1 is 1.35 bits per heavy atom. The zero-order valence-corrected chi connectivity index (χ0v) is 12.4. The summed E-state index contributed by atoms with van der Waals surface area (Å²) in [7, 11) is 0. The van der Waals surface area contributed by atoms with Crippen LogP contribution in [0.25, 0.3) is 0 Å². The molecule has 0 saturated carbocycles. The maximum Gasteiger partial charge on any atom is 1.00 e. The molecule has 6 heteroatoms. The molecule has 0 N–H and O–H groups in total. The van der Waals surface area contributed by atoms with Crippen LogP contribution in [0.15, 0.2) is 18.2 Å². The number of hydrogen-bond acceptors (Lipinski definition) is 5. The van der Waals surface area contributed by atoms with Gasteiger partial charge in [0.15, 0.2) is 11.5 Å². The second kappa shape index (κ2) is 7.16. The van der Waals surface area contributed by atoms with Gasteiger partial charge in [0.25, 0.3) is 0 Å². The van der Waals surface area contributed by atoms with E-state index >= 15 is 0 Å². The summed E-state index contributed by atoms with van der Waals surface area (Å²) in [5.41, 5.74) is 1.12. The van der Waals surface area contributed by atoms with Crippen molar-refractivity contribution in [1.29, 1.82) is 0 Å². The third-order valence-corrected chi connectivity index (χ3v) is 3.12. The Morgan fingerprint density at radius 3 is 2.88 bits per heavy atom. The van der Waals surface area contributed by atoms with Crippen LogP contribution in [0.2, 0.25) is 0 Å². The molecule has 0 radical (unpaired) electrons. The largest absolute Gasteiger partial charge is 1.00 e. The van der Waals surface area contributed by atoms with Crippen molar-refractivity contribution < 1.29 is 48.9 Å². The van der Waals surface area contributed by atoms with E-state index in [2.05, 4.69) is 0 Å². The summed E-state index contributed by atoms with van der Waals surface area (Å²) >= 11 is 1.36. The van der Waals surface area contributed by atoms with E-state index in [1.807, 2.05) is 18.2 Å². The Bertz CT molecular complexity index is 397. The minimum Gasteiger partial charge on any atom is -0.549 e. The fourth-order valence-electron chi connectivity index (χ4n) is 1.44. The monoisotopic (exact) mass is 262 g/mol. The zero-order chi connectivity index (χ0) is 11.4. The number of carboxylic acid groups (broad SMARTS) is 1. The fourth-order valence-corrected chi connectivity index (χ4v) is 2.13. The summed E-state index contributed by atoms with van der Waals surface area (Å²) in [4.78, 5) is 10.2. The number of thioether (sulfide) groups is 1. The van der Waals surface area contributed by atoms with Gasteiger partial charge in [-0.1, -0.05) is 6.07 Å². The minimum absolute atomic E-state index is 0. The molecule has 4 nitrogen and oxygen atoms in total. The van der Waals surface area contributed by atoms with Gasteiger partial charge in [-0.05, 0) is 29.9 Å². The van der Waals surface area contributed by atoms with Crippen LogP contribution in [0.5, 0.6) is 11.5 Å². The Morgan fingerprint density at radius 2 is 2.12 bits per heavy atom. The zero-order valence-electron chi connectivity index (χ0n) is 9.60. The van der Waals surface area contributed by atoms with E-state index < -0.39 is 5.97 Å². The van der Waals surface area contributed by atoms with Gasteiger partial charge in [-0.3, -0.25) is 0 Å². The van der Waals surface area contributed by atoms with Gasteiger partial charge in [-0.2, -0.15) is 11.8 Å². The van der Waals surface area contributed by atoms with Crippen LogP contribution in [0, 0.1) is 0 Å². The van der Waals surface area contributed by atoms with Crippen molar-refractivity contribution >= 4 is 17.7 Å². The van der Waals surface area contributed by atoms with Crippen LogP contribution in [0.3, 0.4) is 0 Å². The normalized spacial score (nSPS) is 12.0. The number of aryl methyl sites for hydroxylation is 1. The smallest absolute Gasteiger partial charge is 0.549 e. The van der Waals surface area contributed by atoms with Crippen LogP contribution in [0.1, 0.15) is 5.56 Å². The number of ether oxygens (including phenoxy) is 2. The second-order valence-corrected chi connectivity index (χ2v) is 4.47. The molecule has 1 aliphatic heterocycles. The third-order valence-electron chi connectivity index (χ3n) is 2.19. The van der Waals surface area contributed by atoms with Gasteiger partial charge in [0.05, 0.1) is 5.97 Å². The van der Waals surface area contributed by atoms with Crippen molar-refractivity contribution in [1.82, 2.24) is 0 Å². The van der Waals surface area contributed by atoms with Crippen molar-refractivity contribution in [2.24, 2.45) is 0 Å². The van der Waals surface area contributed by atoms with E-state index in [1.54, 1.807) is 0 Å². The van der Waals surface area contributed by atoms with Crippen LogP contribution < -0.4 is 44.1 Å². The predicted octanol–water partition coefficient (Wildman–Crippen LogP) is -2.56. The van der Waals surface area contributed by atoms with Gasteiger partial charge in [0.1, 0.15) is 0 Å². The molecule has 17 heavy (non-hydrogen) atoms. The first-order chi connectivity index (χ1) is 7.75. The summed E-state index contributed by atoms with van der Waals surface area (Å²) in [6.45, 7) is 0.276. The number of carboxylic acids is 1. The molecule has 0 fully saturated rings. The topological polar surface area (TPSA) is 58.6 Å². The molecule has 0 amide bonds. The minimum atomic E-state index is -1.02. The number of carbonyl (C=O) groups excluding carboxylic acids is 1. The van der Waals surface area contributed by atoms with E-state index in [1.165, 1.54) is 11.8 Å². The van der Waals surface area contributed by atoms with E-state index in [0.717, 1.165) is 29.2 Å².